The fourth-order valence-electron chi connectivity index (χ4n) is 2.63. The summed E-state index contributed by atoms with van der Waals surface area (Å²) in [5, 5.41) is 6.51. The van der Waals surface area contributed by atoms with E-state index in [1.54, 1.807) is 0 Å². The van der Waals surface area contributed by atoms with E-state index in [2.05, 4.69) is 36.6 Å². The number of benzene rings is 1. The molecule has 96 valence electrons. The molecule has 0 radical (unpaired) electrons. The first-order valence-electron chi connectivity index (χ1n) is 6.68. The zero-order valence-electron chi connectivity index (χ0n) is 11.0. The van der Waals surface area contributed by atoms with Crippen LogP contribution in [0.4, 0.5) is 5.69 Å². The smallest absolute Gasteiger partial charge is 0.225 e. The summed E-state index contributed by atoms with van der Waals surface area (Å²) in [6.45, 7) is 5.15. The van der Waals surface area contributed by atoms with Crippen molar-refractivity contribution in [2.24, 2.45) is 11.3 Å². The van der Waals surface area contributed by atoms with E-state index in [-0.39, 0.29) is 11.8 Å². The van der Waals surface area contributed by atoms with Crippen LogP contribution in [0.1, 0.15) is 25.8 Å². The molecule has 2 unspecified atom stereocenters. The topological polar surface area (TPSA) is 41.1 Å². The predicted molar refractivity (Wildman–Crippen MR) is 72.5 cm³/mol. The fourth-order valence-corrected chi connectivity index (χ4v) is 2.63. The van der Waals surface area contributed by atoms with Crippen molar-refractivity contribution in [3.8, 4) is 0 Å². The van der Waals surface area contributed by atoms with E-state index >= 15 is 0 Å². The van der Waals surface area contributed by atoms with Gasteiger partial charge in [-0.2, -0.15) is 0 Å². The van der Waals surface area contributed by atoms with Crippen LogP contribution in [0.2, 0.25) is 0 Å². The Morgan fingerprint density at radius 3 is 2.83 bits per heavy atom. The average Bonchev–Trinajstić information content (AvgIpc) is 2.95. The normalized spacial score (nSPS) is 27.9. The highest BCUT2D eigenvalue weighted by Gasteiger charge is 2.47. The maximum atomic E-state index is 12.2. The van der Waals surface area contributed by atoms with Gasteiger partial charge in [0.05, 0.1) is 5.92 Å². The van der Waals surface area contributed by atoms with E-state index in [0.29, 0.717) is 11.5 Å². The third-order valence-electron chi connectivity index (χ3n) is 4.22. The van der Waals surface area contributed by atoms with Gasteiger partial charge in [-0.15, -0.1) is 0 Å². The second-order valence-electron chi connectivity index (χ2n) is 6.19. The number of nitrogens with one attached hydrogen (secondary N) is 2. The Kier molecular flexibility index (Phi) is 2.58. The quantitative estimate of drug-likeness (QED) is 0.837. The number of hydrogen-bond acceptors (Lipinski definition) is 2. The molecule has 3 rings (SSSR count). The fraction of sp³-hybridized carbons (Fsp3) is 0.533. The molecule has 3 nitrogen and oxygen atoms in total. The van der Waals surface area contributed by atoms with Crippen molar-refractivity contribution in [2.75, 3.05) is 11.9 Å². The molecule has 0 saturated heterocycles. The van der Waals surface area contributed by atoms with Crippen molar-refractivity contribution < 1.29 is 4.79 Å². The largest absolute Gasteiger partial charge is 0.384 e. The summed E-state index contributed by atoms with van der Waals surface area (Å²) < 4.78 is 0. The molecule has 1 heterocycles. The molecule has 3 heteroatoms. The number of rotatable bonds is 2. The van der Waals surface area contributed by atoms with Gasteiger partial charge in [-0.3, -0.25) is 4.79 Å². The molecule has 2 atom stereocenters. The van der Waals surface area contributed by atoms with Crippen LogP contribution < -0.4 is 10.6 Å². The monoisotopic (exact) mass is 244 g/mol. The number of para-hydroxylation sites is 1. The van der Waals surface area contributed by atoms with Crippen molar-refractivity contribution in [3.63, 3.8) is 0 Å². The SMILES string of the molecule is CC1(C)CC1NC(=O)C1CNc2ccccc2C1. The van der Waals surface area contributed by atoms with Gasteiger partial charge < -0.3 is 10.6 Å². The van der Waals surface area contributed by atoms with E-state index in [9.17, 15) is 4.79 Å². The van der Waals surface area contributed by atoms with Crippen LogP contribution in [-0.2, 0) is 11.2 Å². The van der Waals surface area contributed by atoms with Crippen LogP contribution in [0.25, 0.3) is 0 Å². The lowest BCUT2D eigenvalue weighted by Gasteiger charge is -2.25. The van der Waals surface area contributed by atoms with Crippen LogP contribution in [0.5, 0.6) is 0 Å². The van der Waals surface area contributed by atoms with Gasteiger partial charge in [-0.05, 0) is 29.9 Å². The van der Waals surface area contributed by atoms with E-state index in [1.807, 2.05) is 12.1 Å². The first kappa shape index (κ1) is 11.6. The van der Waals surface area contributed by atoms with E-state index in [0.717, 1.165) is 19.4 Å². The summed E-state index contributed by atoms with van der Waals surface area (Å²) in [5.74, 6) is 0.267. The molecule has 1 aromatic carbocycles. The first-order chi connectivity index (χ1) is 8.56. The molecule has 1 aliphatic heterocycles. The highest BCUT2D eigenvalue weighted by molar-refractivity contribution is 5.81. The molecule has 2 aliphatic rings. The summed E-state index contributed by atoms with van der Waals surface area (Å²) in [7, 11) is 0. The van der Waals surface area contributed by atoms with Crippen LogP contribution in [0.3, 0.4) is 0 Å². The van der Waals surface area contributed by atoms with Gasteiger partial charge in [0.15, 0.2) is 0 Å². The summed E-state index contributed by atoms with van der Waals surface area (Å²) >= 11 is 0. The van der Waals surface area contributed by atoms with Gasteiger partial charge >= 0.3 is 0 Å². The Bertz CT molecular complexity index is 481. The Morgan fingerprint density at radius 2 is 2.11 bits per heavy atom. The van der Waals surface area contributed by atoms with E-state index < -0.39 is 0 Å². The molecule has 1 amide bonds. The van der Waals surface area contributed by atoms with Crippen molar-refractivity contribution in [1.82, 2.24) is 5.32 Å². The zero-order chi connectivity index (χ0) is 12.8. The molecule has 0 spiro atoms. The first-order valence-corrected chi connectivity index (χ1v) is 6.68. The number of carbonyl (C=O) groups is 1. The second kappa shape index (κ2) is 4.01. The van der Waals surface area contributed by atoms with Crippen LogP contribution in [-0.4, -0.2) is 18.5 Å². The lowest BCUT2D eigenvalue weighted by atomic mass is 9.93. The van der Waals surface area contributed by atoms with Gasteiger partial charge in [0.1, 0.15) is 0 Å². The van der Waals surface area contributed by atoms with Gasteiger partial charge in [0.25, 0.3) is 0 Å². The Balaban J connectivity index is 1.64. The van der Waals surface area contributed by atoms with Gasteiger partial charge in [0, 0.05) is 18.3 Å². The summed E-state index contributed by atoms with van der Waals surface area (Å²) in [4.78, 5) is 12.2. The molecule has 1 saturated carbocycles. The standard InChI is InChI=1S/C15H20N2O/c1-15(2)8-13(15)17-14(18)11-7-10-5-3-4-6-12(10)16-9-11/h3-6,11,13,16H,7-9H2,1-2H3,(H,17,18). The lowest BCUT2D eigenvalue weighted by molar-refractivity contribution is -0.125. The maximum absolute atomic E-state index is 12.2. The summed E-state index contributed by atoms with van der Waals surface area (Å²) in [6, 6.07) is 8.61. The van der Waals surface area contributed by atoms with Crippen LogP contribution in [0, 0.1) is 11.3 Å². The number of anilines is 1. The molecular weight excluding hydrogens is 224 g/mol. The number of amides is 1. The Morgan fingerprint density at radius 1 is 1.39 bits per heavy atom. The molecule has 1 aromatic rings. The summed E-state index contributed by atoms with van der Waals surface area (Å²) in [6.07, 6.45) is 1.96. The predicted octanol–water partition coefficient (Wildman–Crippen LogP) is 2.19. The third kappa shape index (κ3) is 2.09. The van der Waals surface area contributed by atoms with Gasteiger partial charge in [-0.25, -0.2) is 0 Å². The minimum absolute atomic E-state index is 0.0660. The third-order valence-corrected chi connectivity index (χ3v) is 4.22. The maximum Gasteiger partial charge on any atom is 0.225 e. The Labute approximate surface area is 108 Å². The Hall–Kier alpha value is -1.51. The molecular formula is C15H20N2O. The van der Waals surface area contributed by atoms with Crippen LogP contribution >= 0.6 is 0 Å². The molecule has 0 bridgehead atoms. The van der Waals surface area contributed by atoms with E-state index in [1.165, 1.54) is 11.3 Å². The highest BCUT2D eigenvalue weighted by atomic mass is 16.2. The van der Waals surface area contributed by atoms with Crippen molar-refractivity contribution in [3.05, 3.63) is 29.8 Å². The number of carbonyl (C=O) groups excluding carboxylic acids is 1. The number of hydrogen-bond donors (Lipinski definition) is 2. The molecule has 18 heavy (non-hydrogen) atoms. The van der Waals surface area contributed by atoms with Crippen molar-refractivity contribution >= 4 is 11.6 Å². The lowest BCUT2D eigenvalue weighted by Crippen LogP contribution is -2.40. The highest BCUT2D eigenvalue weighted by Crippen LogP contribution is 2.44. The van der Waals surface area contributed by atoms with Gasteiger partial charge in [-0.1, -0.05) is 32.0 Å². The molecule has 2 N–H and O–H groups in total. The minimum Gasteiger partial charge on any atom is -0.384 e. The van der Waals surface area contributed by atoms with Crippen molar-refractivity contribution in [2.45, 2.75) is 32.7 Å². The van der Waals surface area contributed by atoms with Gasteiger partial charge in [0.2, 0.25) is 5.91 Å². The molecule has 0 aromatic heterocycles. The number of fused-ring (bicyclic) bond motifs is 1. The van der Waals surface area contributed by atoms with E-state index in [4.69, 9.17) is 0 Å². The minimum atomic E-state index is 0.0660. The average molecular weight is 244 g/mol. The van der Waals surface area contributed by atoms with Crippen molar-refractivity contribution in [1.29, 1.82) is 0 Å². The zero-order valence-corrected chi connectivity index (χ0v) is 11.0. The second-order valence-corrected chi connectivity index (χ2v) is 6.19. The molecule has 1 fully saturated rings. The summed E-state index contributed by atoms with van der Waals surface area (Å²) in [5.41, 5.74) is 2.72. The molecule has 1 aliphatic carbocycles. The van der Waals surface area contributed by atoms with Crippen LogP contribution in [0.15, 0.2) is 24.3 Å².